The summed E-state index contributed by atoms with van der Waals surface area (Å²) in [5.41, 5.74) is 3.37. The summed E-state index contributed by atoms with van der Waals surface area (Å²) < 4.78 is 0. The summed E-state index contributed by atoms with van der Waals surface area (Å²) >= 11 is 0. The maximum Gasteiger partial charge on any atom is 0.143 e. The Bertz CT molecular complexity index is 903. The maximum absolute atomic E-state index is 10.1. The molecule has 0 unspecified atom stereocenters. The second-order valence-corrected chi connectivity index (χ2v) is 6.59. The molecule has 0 amide bonds. The molecule has 0 radical (unpaired) electrons. The highest BCUT2D eigenvalue weighted by Crippen LogP contribution is 2.29. The Morgan fingerprint density at radius 2 is 1.68 bits per heavy atom. The van der Waals surface area contributed by atoms with Gasteiger partial charge in [-0.1, -0.05) is 44.2 Å². The second-order valence-electron chi connectivity index (χ2n) is 6.59. The van der Waals surface area contributed by atoms with Gasteiger partial charge in [-0.05, 0) is 35.2 Å². The molecule has 4 rings (SSSR count). The molecule has 4 aromatic rings. The van der Waals surface area contributed by atoms with Crippen molar-refractivity contribution in [3.05, 3.63) is 60.4 Å². The van der Waals surface area contributed by atoms with Gasteiger partial charge in [-0.3, -0.25) is 5.10 Å². The van der Waals surface area contributed by atoms with E-state index in [1.54, 1.807) is 18.5 Å². The summed E-state index contributed by atoms with van der Waals surface area (Å²) in [6.07, 6.45) is 3.24. The molecule has 0 fully saturated rings. The zero-order valence-corrected chi connectivity index (χ0v) is 14.4. The van der Waals surface area contributed by atoms with E-state index in [4.69, 9.17) is 0 Å². The van der Waals surface area contributed by atoms with Crippen molar-refractivity contribution in [1.29, 1.82) is 0 Å². The Morgan fingerprint density at radius 3 is 2.16 bits per heavy atom. The molecule has 7 heteroatoms. The first-order chi connectivity index (χ1) is 11.9. The van der Waals surface area contributed by atoms with E-state index in [-0.39, 0.29) is 11.2 Å². The van der Waals surface area contributed by atoms with Gasteiger partial charge in [0.05, 0.1) is 6.20 Å². The number of hydrogen-bond acceptors (Lipinski definition) is 5. The van der Waals surface area contributed by atoms with Gasteiger partial charge in [0.25, 0.3) is 0 Å². The normalized spacial score (nSPS) is 11.2. The van der Waals surface area contributed by atoms with Gasteiger partial charge < -0.3 is 5.11 Å². The van der Waals surface area contributed by atoms with Gasteiger partial charge in [-0.2, -0.15) is 0 Å². The molecule has 2 aromatic carbocycles. The summed E-state index contributed by atoms with van der Waals surface area (Å²) in [6, 6.07) is 13.2. The first-order valence-corrected chi connectivity index (χ1v) is 7.91. The van der Waals surface area contributed by atoms with E-state index >= 15 is 0 Å². The van der Waals surface area contributed by atoms with Crippen molar-refractivity contribution < 1.29 is 5.11 Å². The van der Waals surface area contributed by atoms with Gasteiger partial charge in [0.1, 0.15) is 22.5 Å². The van der Waals surface area contributed by atoms with E-state index in [0.717, 1.165) is 16.6 Å². The fraction of sp³-hybridized carbons (Fsp3) is 0.222. The summed E-state index contributed by atoms with van der Waals surface area (Å²) in [5, 5.41) is 28.2. The number of phenols is 1. The quantitative estimate of drug-likeness (QED) is 0.557. The molecule has 0 aliphatic heterocycles. The number of phenolic OH excluding ortho intramolecular Hbond substituents is 1. The zero-order valence-electron chi connectivity index (χ0n) is 14.4. The van der Waals surface area contributed by atoms with Gasteiger partial charge in [-0.15, -0.1) is 20.1 Å². The molecule has 2 heterocycles. The predicted molar refractivity (Wildman–Crippen MR) is 95.6 cm³/mol. The van der Waals surface area contributed by atoms with Crippen molar-refractivity contribution in [2.24, 2.45) is 0 Å². The first-order valence-electron chi connectivity index (χ1n) is 7.91. The van der Waals surface area contributed by atoms with Crippen LogP contribution in [0.15, 0.2) is 54.9 Å². The molecule has 128 valence electrons. The molecule has 0 saturated carbocycles. The second kappa shape index (κ2) is 6.72. The fourth-order valence-electron chi connectivity index (χ4n) is 2.28. The van der Waals surface area contributed by atoms with Crippen molar-refractivity contribution in [1.82, 2.24) is 30.4 Å². The topological polar surface area (TPSA) is 92.5 Å². The van der Waals surface area contributed by atoms with Crippen LogP contribution in [-0.4, -0.2) is 35.5 Å². The number of H-pyrrole nitrogens is 1. The van der Waals surface area contributed by atoms with Crippen LogP contribution in [0, 0.1) is 0 Å². The van der Waals surface area contributed by atoms with Gasteiger partial charge in [0, 0.05) is 6.20 Å². The molecule has 7 nitrogen and oxygen atoms in total. The molecule has 0 aliphatic rings. The third-order valence-electron chi connectivity index (χ3n) is 3.67. The van der Waals surface area contributed by atoms with Crippen LogP contribution in [0.3, 0.4) is 0 Å². The van der Waals surface area contributed by atoms with Crippen molar-refractivity contribution in [3.8, 4) is 11.4 Å². The lowest BCUT2D eigenvalue weighted by Crippen LogP contribution is -2.12. The van der Waals surface area contributed by atoms with E-state index in [0.29, 0.717) is 5.69 Å². The largest absolute Gasteiger partial charge is 0.506 e. The Morgan fingerprint density at radius 1 is 1.00 bits per heavy atom. The molecule has 2 N–H and O–H groups in total. The Labute approximate surface area is 145 Å². The van der Waals surface area contributed by atoms with E-state index in [1.807, 2.05) is 36.4 Å². The lowest BCUT2D eigenvalue weighted by atomic mass is 9.87. The summed E-state index contributed by atoms with van der Waals surface area (Å²) in [4.78, 5) is 1.50. The van der Waals surface area contributed by atoms with Crippen LogP contribution in [0.5, 0.6) is 5.75 Å². The summed E-state index contributed by atoms with van der Waals surface area (Å²) in [6.45, 7) is 6.41. The molecule has 0 spiro atoms. The average Bonchev–Trinajstić information content (AvgIpc) is 3.27. The number of hydrogen-bond donors (Lipinski definition) is 2. The van der Waals surface area contributed by atoms with Crippen LogP contribution in [0.2, 0.25) is 0 Å². The first kappa shape index (κ1) is 16.6. The number of aromatic hydroxyl groups is 1. The molecule has 25 heavy (non-hydrogen) atoms. The van der Waals surface area contributed by atoms with Crippen LogP contribution in [0.25, 0.3) is 16.7 Å². The number of fused-ring (bicyclic) bond motifs is 1. The number of rotatable bonds is 1. The standard InChI is InChI=1S/C16H17N3O.C2H3N3/c1-16(2,3)11-8-9-15(20)14(10-11)19-17-12-6-4-5-7-13(12)18-19;1-2-4-5-3-1/h4-10,20H,1-3H3;1-2H,(H,3,4,5). The Hall–Kier alpha value is -3.22. The minimum atomic E-state index is 0.00895. The van der Waals surface area contributed by atoms with E-state index < -0.39 is 0 Å². The number of aromatic amines is 1. The van der Waals surface area contributed by atoms with Crippen LogP contribution < -0.4 is 0 Å². The van der Waals surface area contributed by atoms with Crippen molar-refractivity contribution in [3.63, 3.8) is 0 Å². The summed E-state index contributed by atoms with van der Waals surface area (Å²) in [5.74, 6) is 0.179. The molecule has 0 atom stereocenters. The number of aromatic nitrogens is 6. The SMILES string of the molecule is CC(C)(C)c1ccc(O)c(-n2nc3ccccc3n2)c1.c1c[nH]nn1. The minimum Gasteiger partial charge on any atom is -0.506 e. The van der Waals surface area contributed by atoms with Crippen molar-refractivity contribution in [2.75, 3.05) is 0 Å². The van der Waals surface area contributed by atoms with Crippen LogP contribution in [0.4, 0.5) is 0 Å². The number of nitrogens with one attached hydrogen (secondary N) is 1. The third kappa shape index (κ3) is 3.82. The van der Waals surface area contributed by atoms with Crippen molar-refractivity contribution >= 4 is 11.0 Å². The highest BCUT2D eigenvalue weighted by molar-refractivity contribution is 5.73. The van der Waals surface area contributed by atoms with Crippen LogP contribution in [0.1, 0.15) is 26.3 Å². The van der Waals surface area contributed by atoms with Gasteiger partial charge in [-0.25, -0.2) is 0 Å². The Kier molecular flexibility index (Phi) is 4.47. The van der Waals surface area contributed by atoms with E-state index in [1.165, 1.54) is 4.80 Å². The van der Waals surface area contributed by atoms with Gasteiger partial charge >= 0.3 is 0 Å². The van der Waals surface area contributed by atoms with Gasteiger partial charge in [0.2, 0.25) is 0 Å². The van der Waals surface area contributed by atoms with Crippen LogP contribution in [-0.2, 0) is 5.41 Å². The number of nitrogens with zero attached hydrogens (tertiary/aromatic N) is 5. The highest BCUT2D eigenvalue weighted by Gasteiger charge is 2.17. The monoisotopic (exact) mass is 336 g/mol. The maximum atomic E-state index is 10.1. The molecule has 0 bridgehead atoms. The highest BCUT2D eigenvalue weighted by atomic mass is 16.3. The van der Waals surface area contributed by atoms with Crippen LogP contribution >= 0.6 is 0 Å². The number of benzene rings is 2. The molecule has 0 aliphatic carbocycles. The molecule has 2 aromatic heterocycles. The smallest absolute Gasteiger partial charge is 0.143 e. The van der Waals surface area contributed by atoms with E-state index in [9.17, 15) is 5.11 Å². The predicted octanol–water partition coefficient (Wildman–Crippen LogP) is 3.23. The molecular formula is C18H20N6O. The zero-order chi connectivity index (χ0) is 17.9. The minimum absolute atomic E-state index is 0.00895. The third-order valence-corrected chi connectivity index (χ3v) is 3.67. The van der Waals surface area contributed by atoms with Gasteiger partial charge in [0.15, 0.2) is 0 Å². The van der Waals surface area contributed by atoms with E-state index in [2.05, 4.69) is 46.4 Å². The van der Waals surface area contributed by atoms with Crippen molar-refractivity contribution in [2.45, 2.75) is 26.2 Å². The average molecular weight is 336 g/mol. The lowest BCUT2D eigenvalue weighted by molar-refractivity contribution is 0.466. The fourth-order valence-corrected chi connectivity index (χ4v) is 2.28. The molecule has 0 saturated heterocycles. The lowest BCUT2D eigenvalue weighted by Gasteiger charge is -2.19. The summed E-state index contributed by atoms with van der Waals surface area (Å²) in [7, 11) is 0. The Balaban J connectivity index is 0.000000314. The molecular weight excluding hydrogens is 316 g/mol.